The molecule has 94 valence electrons. The Hall–Kier alpha value is -0.0800. The molecule has 0 aromatic rings. The van der Waals surface area contributed by atoms with E-state index in [1.807, 2.05) is 0 Å². The molecule has 1 atom stereocenters. The second-order valence-corrected chi connectivity index (χ2v) is 3.70. The summed E-state index contributed by atoms with van der Waals surface area (Å²) in [7, 11) is 0. The van der Waals surface area contributed by atoms with E-state index in [0.717, 1.165) is 45.5 Å². The zero-order valence-electron chi connectivity index (χ0n) is 11.3. The van der Waals surface area contributed by atoms with Crippen LogP contribution in [0, 0.1) is 0 Å². The van der Waals surface area contributed by atoms with Crippen molar-refractivity contribution in [3.8, 4) is 0 Å². The van der Waals surface area contributed by atoms with Crippen molar-refractivity contribution < 1.29 is 9.47 Å². The van der Waals surface area contributed by atoms with E-state index in [4.69, 9.17) is 9.47 Å². The molecule has 0 aliphatic rings. The monoisotopic (exact) mass is 218 g/mol. The van der Waals surface area contributed by atoms with Crippen LogP contribution in [0.3, 0.4) is 0 Å². The van der Waals surface area contributed by atoms with E-state index in [9.17, 15) is 0 Å². The molecular formula is C13H30O2. The van der Waals surface area contributed by atoms with E-state index < -0.39 is 0 Å². The first-order valence-electron chi connectivity index (χ1n) is 6.42. The minimum atomic E-state index is 0.454. The van der Waals surface area contributed by atoms with Gasteiger partial charge in [0.25, 0.3) is 0 Å². The van der Waals surface area contributed by atoms with Crippen LogP contribution in [0.1, 0.15) is 60.3 Å². The average Bonchev–Trinajstić information content (AvgIpc) is 2.27. The molecule has 0 aromatic heterocycles. The molecule has 0 saturated carbocycles. The van der Waals surface area contributed by atoms with Crippen LogP contribution in [0.15, 0.2) is 0 Å². The first-order valence-corrected chi connectivity index (χ1v) is 6.42. The summed E-state index contributed by atoms with van der Waals surface area (Å²) in [6.45, 7) is 13.4. The fourth-order valence-electron chi connectivity index (χ4n) is 0.828. The summed E-state index contributed by atoms with van der Waals surface area (Å²) >= 11 is 0. The Kier molecular flexibility index (Phi) is 18.9. The van der Waals surface area contributed by atoms with Gasteiger partial charge in [0.15, 0.2) is 0 Å². The van der Waals surface area contributed by atoms with Gasteiger partial charge in [0.05, 0.1) is 6.10 Å². The summed E-state index contributed by atoms with van der Waals surface area (Å²) in [6.07, 6.45) is 4.99. The van der Waals surface area contributed by atoms with E-state index in [-0.39, 0.29) is 0 Å². The predicted molar refractivity (Wildman–Crippen MR) is 67.4 cm³/mol. The molecule has 0 aliphatic heterocycles. The normalized spacial score (nSPS) is 11.8. The number of hydrogen-bond donors (Lipinski definition) is 0. The van der Waals surface area contributed by atoms with Gasteiger partial charge in [-0.25, -0.2) is 0 Å². The summed E-state index contributed by atoms with van der Waals surface area (Å²) < 4.78 is 10.5. The fraction of sp³-hybridized carbons (Fsp3) is 1.00. The van der Waals surface area contributed by atoms with Crippen molar-refractivity contribution in [2.24, 2.45) is 0 Å². The van der Waals surface area contributed by atoms with Gasteiger partial charge in [-0.2, -0.15) is 0 Å². The summed E-state index contributed by atoms with van der Waals surface area (Å²) in [5, 5.41) is 0. The zero-order chi connectivity index (χ0) is 11.9. The first-order chi connectivity index (χ1) is 7.22. The molecule has 0 radical (unpaired) electrons. The average molecular weight is 218 g/mol. The third-order valence-electron chi connectivity index (χ3n) is 1.88. The molecule has 0 aliphatic carbocycles. The van der Waals surface area contributed by atoms with Gasteiger partial charge in [-0.15, -0.1) is 0 Å². The van der Waals surface area contributed by atoms with Crippen molar-refractivity contribution >= 4 is 0 Å². The highest BCUT2D eigenvalue weighted by Gasteiger charge is 1.93. The third-order valence-corrected chi connectivity index (χ3v) is 1.88. The van der Waals surface area contributed by atoms with E-state index >= 15 is 0 Å². The zero-order valence-corrected chi connectivity index (χ0v) is 11.3. The lowest BCUT2D eigenvalue weighted by Crippen LogP contribution is -2.06. The summed E-state index contributed by atoms with van der Waals surface area (Å²) in [6, 6.07) is 0. The second kappa shape index (κ2) is 16.4. The Morgan fingerprint density at radius 2 is 1.27 bits per heavy atom. The van der Waals surface area contributed by atoms with Gasteiger partial charge in [-0.1, -0.05) is 27.7 Å². The van der Waals surface area contributed by atoms with E-state index in [2.05, 4.69) is 34.6 Å². The Labute approximate surface area is 96.4 Å². The molecule has 0 heterocycles. The highest BCUT2D eigenvalue weighted by atomic mass is 16.5. The van der Waals surface area contributed by atoms with Crippen LogP contribution in [0.25, 0.3) is 0 Å². The lowest BCUT2D eigenvalue weighted by molar-refractivity contribution is 0.0642. The Morgan fingerprint density at radius 3 is 1.60 bits per heavy atom. The van der Waals surface area contributed by atoms with Crippen LogP contribution in [-0.2, 0) is 9.47 Å². The van der Waals surface area contributed by atoms with Gasteiger partial charge in [0.1, 0.15) is 0 Å². The van der Waals surface area contributed by atoms with Gasteiger partial charge < -0.3 is 9.47 Å². The number of ether oxygens (including phenoxy) is 2. The summed E-state index contributed by atoms with van der Waals surface area (Å²) in [4.78, 5) is 0. The molecule has 0 aromatic carbocycles. The lowest BCUT2D eigenvalue weighted by Gasteiger charge is -2.07. The van der Waals surface area contributed by atoms with Crippen molar-refractivity contribution in [1.29, 1.82) is 0 Å². The molecule has 1 unspecified atom stereocenters. The van der Waals surface area contributed by atoms with Gasteiger partial charge >= 0.3 is 0 Å². The van der Waals surface area contributed by atoms with Gasteiger partial charge in [0, 0.05) is 19.8 Å². The van der Waals surface area contributed by atoms with Crippen LogP contribution < -0.4 is 0 Å². The van der Waals surface area contributed by atoms with Crippen molar-refractivity contribution in [3.05, 3.63) is 0 Å². The molecule has 0 fully saturated rings. The van der Waals surface area contributed by atoms with Gasteiger partial charge in [-0.3, -0.25) is 0 Å². The van der Waals surface area contributed by atoms with Crippen molar-refractivity contribution in [3.63, 3.8) is 0 Å². The predicted octanol–water partition coefficient (Wildman–Crippen LogP) is 4.03. The Bertz CT molecular complexity index is 90.5. The number of hydrogen-bond acceptors (Lipinski definition) is 2. The maximum atomic E-state index is 5.34. The van der Waals surface area contributed by atoms with E-state index in [1.165, 1.54) is 0 Å². The summed E-state index contributed by atoms with van der Waals surface area (Å²) in [5.41, 5.74) is 0. The fourth-order valence-corrected chi connectivity index (χ4v) is 0.828. The maximum Gasteiger partial charge on any atom is 0.0544 e. The molecule has 0 rings (SSSR count). The highest BCUT2D eigenvalue weighted by molar-refractivity contribution is 4.42. The minimum absolute atomic E-state index is 0.454. The Morgan fingerprint density at radius 1 is 0.800 bits per heavy atom. The SMILES string of the molecule is CCCOC(C)CC.CCCOCCC. The molecule has 2 heteroatoms. The highest BCUT2D eigenvalue weighted by Crippen LogP contribution is 1.95. The standard InChI is InChI=1S/C7H16O.C6H14O/c1-4-6-8-7(3)5-2;1-3-5-7-6-4-2/h7H,4-6H2,1-3H3;3-6H2,1-2H3. The molecule has 0 amide bonds. The second-order valence-electron chi connectivity index (χ2n) is 3.70. The Balaban J connectivity index is 0. The van der Waals surface area contributed by atoms with Crippen LogP contribution in [0.5, 0.6) is 0 Å². The van der Waals surface area contributed by atoms with Crippen LogP contribution in [0.4, 0.5) is 0 Å². The van der Waals surface area contributed by atoms with Crippen LogP contribution in [-0.4, -0.2) is 25.9 Å². The summed E-state index contributed by atoms with van der Waals surface area (Å²) in [5.74, 6) is 0. The van der Waals surface area contributed by atoms with Crippen molar-refractivity contribution in [2.75, 3.05) is 19.8 Å². The van der Waals surface area contributed by atoms with E-state index in [0.29, 0.717) is 6.10 Å². The molecule has 0 spiro atoms. The minimum Gasteiger partial charge on any atom is -0.381 e. The third kappa shape index (κ3) is 20.1. The van der Waals surface area contributed by atoms with Gasteiger partial charge in [-0.05, 0) is 32.6 Å². The largest absolute Gasteiger partial charge is 0.381 e. The quantitative estimate of drug-likeness (QED) is 0.573. The molecule has 0 N–H and O–H groups in total. The van der Waals surface area contributed by atoms with Crippen molar-refractivity contribution in [1.82, 2.24) is 0 Å². The molecule has 2 nitrogen and oxygen atoms in total. The van der Waals surface area contributed by atoms with E-state index in [1.54, 1.807) is 0 Å². The molecule has 0 saturated heterocycles. The lowest BCUT2D eigenvalue weighted by atomic mass is 10.3. The topological polar surface area (TPSA) is 18.5 Å². The van der Waals surface area contributed by atoms with Crippen LogP contribution in [0.2, 0.25) is 0 Å². The molecule has 15 heavy (non-hydrogen) atoms. The van der Waals surface area contributed by atoms with Crippen molar-refractivity contribution in [2.45, 2.75) is 66.4 Å². The smallest absolute Gasteiger partial charge is 0.0544 e. The maximum absolute atomic E-state index is 5.34. The first kappa shape index (κ1) is 17.3. The molecule has 0 bridgehead atoms. The number of rotatable bonds is 8. The molecular weight excluding hydrogens is 188 g/mol. The van der Waals surface area contributed by atoms with Crippen LogP contribution >= 0.6 is 0 Å². The van der Waals surface area contributed by atoms with Gasteiger partial charge in [0.2, 0.25) is 0 Å².